The van der Waals surface area contributed by atoms with Crippen LogP contribution in [0.2, 0.25) is 0 Å². The molecule has 7 heteroatoms. The van der Waals surface area contributed by atoms with E-state index in [4.69, 9.17) is 13.9 Å². The van der Waals surface area contributed by atoms with E-state index in [0.29, 0.717) is 17.9 Å². The summed E-state index contributed by atoms with van der Waals surface area (Å²) in [6.45, 7) is 5.53. The molecule has 28 heavy (non-hydrogen) atoms. The first kappa shape index (κ1) is 19.9. The number of hydrogen-bond acceptors (Lipinski definition) is 6. The van der Waals surface area contributed by atoms with Gasteiger partial charge in [0.25, 0.3) is 0 Å². The minimum Gasteiger partial charge on any atom is -0.444 e. The van der Waals surface area contributed by atoms with E-state index >= 15 is 0 Å². The minimum absolute atomic E-state index is 0.0507. The van der Waals surface area contributed by atoms with Crippen LogP contribution in [0.1, 0.15) is 56.1 Å². The fourth-order valence-corrected chi connectivity index (χ4v) is 3.30. The maximum atomic E-state index is 12.0. The number of alkyl carbamates (subject to hydrolysis) is 1. The Morgan fingerprint density at radius 2 is 1.96 bits per heavy atom. The molecule has 0 radical (unpaired) electrons. The summed E-state index contributed by atoms with van der Waals surface area (Å²) in [5.41, 5.74) is 0.670. The van der Waals surface area contributed by atoms with E-state index in [1.165, 1.54) is 6.26 Å². The van der Waals surface area contributed by atoms with Crippen molar-refractivity contribution in [3.05, 3.63) is 47.9 Å². The van der Waals surface area contributed by atoms with Gasteiger partial charge in [0.2, 0.25) is 0 Å². The van der Waals surface area contributed by atoms with Crippen molar-refractivity contribution in [3.63, 3.8) is 0 Å². The summed E-state index contributed by atoms with van der Waals surface area (Å²) in [4.78, 5) is 28.2. The fourth-order valence-electron chi connectivity index (χ4n) is 3.30. The molecular weight excluding hydrogens is 360 g/mol. The third-order valence-corrected chi connectivity index (χ3v) is 4.48. The fraction of sp³-hybridized carbons (Fsp3) is 0.476. The molecule has 1 amide bonds. The van der Waals surface area contributed by atoms with Gasteiger partial charge in [-0.05, 0) is 64.5 Å². The van der Waals surface area contributed by atoms with Crippen molar-refractivity contribution in [1.82, 2.24) is 10.3 Å². The van der Waals surface area contributed by atoms with Crippen molar-refractivity contribution in [3.8, 4) is 6.08 Å². The van der Waals surface area contributed by atoms with E-state index in [0.717, 1.165) is 25.0 Å². The highest BCUT2D eigenvalue weighted by molar-refractivity contribution is 5.90. The Morgan fingerprint density at radius 3 is 2.68 bits per heavy atom. The van der Waals surface area contributed by atoms with Crippen LogP contribution < -0.4 is 10.1 Å². The average Bonchev–Trinajstić information content (AvgIpc) is 3.24. The standard InChI is InChI=1S/C21H26N2O5/c1-21(2,3)28-19(25)22-16-10-9-14(11-16)12-17-13-26-20(23-17)27-18(24)15-7-5-4-6-8-15/h4-8,13-14,16H,9-12H2,1-3H3,(H,22,25)/t14-,16-/m0/s1. The first-order valence-electron chi connectivity index (χ1n) is 9.49. The van der Waals surface area contributed by atoms with Gasteiger partial charge in [0, 0.05) is 6.04 Å². The summed E-state index contributed by atoms with van der Waals surface area (Å²) in [6, 6.07) is 8.79. The normalized spacial score (nSPS) is 19.2. The molecule has 1 aliphatic rings. The van der Waals surface area contributed by atoms with Crippen LogP contribution in [-0.4, -0.2) is 28.7 Å². The number of ether oxygens (including phenoxy) is 2. The van der Waals surface area contributed by atoms with Gasteiger partial charge in [0.15, 0.2) is 0 Å². The summed E-state index contributed by atoms with van der Waals surface area (Å²) in [5.74, 6) is -0.126. The molecule has 1 N–H and O–H groups in total. The molecule has 2 atom stereocenters. The van der Waals surface area contributed by atoms with Crippen LogP contribution in [0.15, 0.2) is 41.0 Å². The van der Waals surface area contributed by atoms with Gasteiger partial charge in [-0.1, -0.05) is 18.2 Å². The smallest absolute Gasteiger partial charge is 0.407 e. The molecular formula is C21H26N2O5. The van der Waals surface area contributed by atoms with Gasteiger partial charge in [0.1, 0.15) is 11.9 Å². The molecule has 150 valence electrons. The van der Waals surface area contributed by atoms with Gasteiger partial charge in [-0.15, -0.1) is 0 Å². The molecule has 1 aromatic carbocycles. The monoisotopic (exact) mass is 386 g/mol. The van der Waals surface area contributed by atoms with Gasteiger partial charge in [-0.2, -0.15) is 4.98 Å². The number of esters is 1. The van der Waals surface area contributed by atoms with Gasteiger partial charge in [-0.25, -0.2) is 9.59 Å². The Kier molecular flexibility index (Phi) is 6.02. The highest BCUT2D eigenvalue weighted by Crippen LogP contribution is 2.29. The van der Waals surface area contributed by atoms with Crippen molar-refractivity contribution < 1.29 is 23.5 Å². The summed E-state index contributed by atoms with van der Waals surface area (Å²) >= 11 is 0. The number of aromatic nitrogens is 1. The zero-order chi connectivity index (χ0) is 20.1. The molecule has 3 rings (SSSR count). The number of carbonyl (C=O) groups excluding carboxylic acids is 2. The average molecular weight is 386 g/mol. The summed E-state index contributed by atoms with van der Waals surface area (Å²) in [6.07, 6.45) is 4.52. The van der Waals surface area contributed by atoms with Gasteiger partial charge < -0.3 is 19.2 Å². The Morgan fingerprint density at radius 1 is 1.21 bits per heavy atom. The number of amides is 1. The number of nitrogens with one attached hydrogen (secondary N) is 1. The van der Waals surface area contributed by atoms with Crippen molar-refractivity contribution in [1.29, 1.82) is 0 Å². The van der Waals surface area contributed by atoms with Gasteiger partial charge in [0.05, 0.1) is 11.3 Å². The lowest BCUT2D eigenvalue weighted by molar-refractivity contribution is 0.0504. The predicted molar refractivity (Wildman–Crippen MR) is 102 cm³/mol. The number of oxazole rings is 1. The highest BCUT2D eigenvalue weighted by Gasteiger charge is 2.28. The topological polar surface area (TPSA) is 90.7 Å². The second-order valence-corrected chi connectivity index (χ2v) is 8.09. The molecule has 0 spiro atoms. The Labute approximate surface area is 164 Å². The molecule has 1 aromatic heterocycles. The highest BCUT2D eigenvalue weighted by atomic mass is 16.6. The summed E-state index contributed by atoms with van der Waals surface area (Å²) in [7, 11) is 0. The van der Waals surface area contributed by atoms with Crippen LogP contribution in [0.25, 0.3) is 0 Å². The van der Waals surface area contributed by atoms with Crippen LogP contribution >= 0.6 is 0 Å². The molecule has 0 unspecified atom stereocenters. The zero-order valence-electron chi connectivity index (χ0n) is 16.4. The van der Waals surface area contributed by atoms with Crippen molar-refractivity contribution >= 4 is 12.1 Å². The number of hydrogen-bond donors (Lipinski definition) is 1. The molecule has 2 aromatic rings. The zero-order valence-corrected chi connectivity index (χ0v) is 16.4. The molecule has 0 aliphatic heterocycles. The van der Waals surface area contributed by atoms with E-state index in [-0.39, 0.29) is 18.2 Å². The van der Waals surface area contributed by atoms with E-state index in [9.17, 15) is 9.59 Å². The van der Waals surface area contributed by atoms with Crippen LogP contribution in [-0.2, 0) is 11.2 Å². The maximum absolute atomic E-state index is 12.0. The van der Waals surface area contributed by atoms with Crippen molar-refractivity contribution in [2.24, 2.45) is 5.92 Å². The van der Waals surface area contributed by atoms with Gasteiger partial charge in [-0.3, -0.25) is 0 Å². The lowest BCUT2D eigenvalue weighted by Crippen LogP contribution is -2.38. The molecule has 1 saturated carbocycles. The van der Waals surface area contributed by atoms with Gasteiger partial charge >= 0.3 is 18.1 Å². The molecule has 1 aliphatic carbocycles. The molecule has 0 saturated heterocycles. The first-order chi connectivity index (χ1) is 13.3. The Balaban J connectivity index is 1.47. The Hall–Kier alpha value is -2.83. The summed E-state index contributed by atoms with van der Waals surface area (Å²) < 4.78 is 15.7. The lowest BCUT2D eigenvalue weighted by Gasteiger charge is -2.21. The maximum Gasteiger partial charge on any atom is 0.407 e. The summed E-state index contributed by atoms with van der Waals surface area (Å²) in [5, 5.41) is 2.93. The quantitative estimate of drug-likeness (QED) is 0.777. The van der Waals surface area contributed by atoms with E-state index in [1.807, 2.05) is 26.8 Å². The molecule has 1 heterocycles. The number of benzene rings is 1. The van der Waals surface area contributed by atoms with Crippen LogP contribution in [0.3, 0.4) is 0 Å². The van der Waals surface area contributed by atoms with Crippen molar-refractivity contribution in [2.45, 2.75) is 58.1 Å². The number of rotatable bonds is 5. The SMILES string of the molecule is CC(C)(C)OC(=O)N[C@H]1CC[C@H](Cc2coc(OC(=O)c3ccccc3)n2)C1. The van der Waals surface area contributed by atoms with Crippen molar-refractivity contribution in [2.75, 3.05) is 0 Å². The number of carbonyl (C=O) groups is 2. The largest absolute Gasteiger partial charge is 0.444 e. The van der Waals surface area contributed by atoms with E-state index in [1.54, 1.807) is 24.3 Å². The van der Waals surface area contributed by atoms with E-state index in [2.05, 4.69) is 10.3 Å². The molecule has 1 fully saturated rings. The third-order valence-electron chi connectivity index (χ3n) is 4.48. The second-order valence-electron chi connectivity index (χ2n) is 8.09. The van der Waals surface area contributed by atoms with Crippen LogP contribution in [0.5, 0.6) is 6.08 Å². The third kappa shape index (κ3) is 5.84. The lowest BCUT2D eigenvalue weighted by atomic mass is 10.0. The second kappa shape index (κ2) is 8.46. The minimum atomic E-state index is -0.504. The van der Waals surface area contributed by atoms with Crippen LogP contribution in [0.4, 0.5) is 4.79 Å². The molecule has 0 bridgehead atoms. The van der Waals surface area contributed by atoms with E-state index < -0.39 is 11.6 Å². The predicted octanol–water partition coefficient (Wildman–Crippen LogP) is 4.13. The molecule has 7 nitrogen and oxygen atoms in total. The van der Waals surface area contributed by atoms with Crippen LogP contribution in [0, 0.1) is 5.92 Å². The first-order valence-corrected chi connectivity index (χ1v) is 9.49. The number of nitrogens with zero attached hydrogens (tertiary/aromatic N) is 1. The Bertz CT molecular complexity index is 810.